The maximum Gasteiger partial charge on any atom is 0.321 e. The molecule has 1 aromatic rings. The first-order valence-corrected chi connectivity index (χ1v) is 8.89. The molecule has 0 spiro atoms. The molecule has 0 radical (unpaired) electrons. The fourth-order valence-corrected chi connectivity index (χ4v) is 3.42. The highest BCUT2D eigenvalue weighted by molar-refractivity contribution is 5.89. The highest BCUT2D eigenvalue weighted by atomic mass is 16.2. The van der Waals surface area contributed by atoms with Crippen molar-refractivity contribution in [2.45, 2.75) is 26.2 Å². The van der Waals surface area contributed by atoms with Crippen LogP contribution in [0.4, 0.5) is 16.2 Å². The van der Waals surface area contributed by atoms with Crippen LogP contribution in [0.25, 0.3) is 0 Å². The van der Waals surface area contributed by atoms with Gasteiger partial charge in [0.25, 0.3) is 0 Å². The first-order valence-electron chi connectivity index (χ1n) is 8.89. The number of carbonyl (C=O) groups excluding carboxylic acids is 1. The third-order valence-corrected chi connectivity index (χ3v) is 4.79. The summed E-state index contributed by atoms with van der Waals surface area (Å²) in [5, 5.41) is 3.03. The summed E-state index contributed by atoms with van der Waals surface area (Å²) in [5.41, 5.74) is 2.14. The van der Waals surface area contributed by atoms with E-state index < -0.39 is 0 Å². The molecule has 2 amide bonds. The first kappa shape index (κ1) is 16.1. The van der Waals surface area contributed by atoms with Crippen LogP contribution in [0.3, 0.4) is 0 Å². The molecule has 2 saturated heterocycles. The summed E-state index contributed by atoms with van der Waals surface area (Å²) < 4.78 is 0. The van der Waals surface area contributed by atoms with Gasteiger partial charge in [-0.1, -0.05) is 6.92 Å². The quantitative estimate of drug-likeness (QED) is 0.928. The summed E-state index contributed by atoms with van der Waals surface area (Å²) in [4.78, 5) is 19.1. The van der Waals surface area contributed by atoms with E-state index in [0.717, 1.165) is 51.5 Å². The van der Waals surface area contributed by atoms with E-state index in [4.69, 9.17) is 0 Å². The molecule has 0 bridgehead atoms. The van der Waals surface area contributed by atoms with Crippen LogP contribution in [-0.2, 0) is 0 Å². The molecule has 1 N–H and O–H groups in total. The number of urea groups is 1. The Bertz CT molecular complexity index is 502. The number of hydrogen-bond donors (Lipinski definition) is 1. The van der Waals surface area contributed by atoms with Gasteiger partial charge in [-0.2, -0.15) is 0 Å². The van der Waals surface area contributed by atoms with E-state index >= 15 is 0 Å². The molecule has 0 atom stereocenters. The summed E-state index contributed by atoms with van der Waals surface area (Å²) in [5.74, 6) is 0. The molecular formula is C18H28N4O. The van der Waals surface area contributed by atoms with Crippen LogP contribution < -0.4 is 10.2 Å². The van der Waals surface area contributed by atoms with Gasteiger partial charge in [-0.05, 0) is 50.1 Å². The molecule has 2 heterocycles. The van der Waals surface area contributed by atoms with E-state index in [0.29, 0.717) is 0 Å². The molecule has 3 rings (SSSR count). The Morgan fingerprint density at radius 2 is 1.65 bits per heavy atom. The maximum atomic E-state index is 12.4. The number of hydrogen-bond acceptors (Lipinski definition) is 3. The Labute approximate surface area is 139 Å². The number of benzene rings is 1. The summed E-state index contributed by atoms with van der Waals surface area (Å²) in [7, 11) is 0. The Morgan fingerprint density at radius 1 is 1.00 bits per heavy atom. The second-order valence-corrected chi connectivity index (χ2v) is 6.50. The van der Waals surface area contributed by atoms with Gasteiger partial charge < -0.3 is 15.1 Å². The number of amides is 2. The molecule has 1 aromatic carbocycles. The van der Waals surface area contributed by atoms with E-state index in [1.165, 1.54) is 24.9 Å². The molecule has 23 heavy (non-hydrogen) atoms. The van der Waals surface area contributed by atoms with Crippen molar-refractivity contribution in [1.29, 1.82) is 0 Å². The van der Waals surface area contributed by atoms with E-state index in [2.05, 4.69) is 34.2 Å². The minimum absolute atomic E-state index is 0.0232. The van der Waals surface area contributed by atoms with Crippen molar-refractivity contribution in [2.75, 3.05) is 56.0 Å². The standard InChI is InChI=1S/C18H28N4O/c1-2-9-20-12-14-22(15-13-20)18(23)19-16-5-7-17(8-6-16)21-10-3-4-11-21/h5-8H,2-4,9-15H2,1H3,(H,19,23). The topological polar surface area (TPSA) is 38.8 Å². The van der Waals surface area contributed by atoms with Crippen LogP contribution >= 0.6 is 0 Å². The summed E-state index contributed by atoms with van der Waals surface area (Å²) in [6.45, 7) is 9.22. The lowest BCUT2D eigenvalue weighted by molar-refractivity contribution is 0.147. The van der Waals surface area contributed by atoms with Gasteiger partial charge in [0.05, 0.1) is 0 Å². The van der Waals surface area contributed by atoms with Crippen molar-refractivity contribution < 1.29 is 4.79 Å². The molecular weight excluding hydrogens is 288 g/mol. The second kappa shape index (κ2) is 7.68. The van der Waals surface area contributed by atoms with E-state index in [9.17, 15) is 4.79 Å². The molecule has 2 aliphatic heterocycles. The molecule has 0 aromatic heterocycles. The fraction of sp³-hybridized carbons (Fsp3) is 0.611. The van der Waals surface area contributed by atoms with E-state index in [1.54, 1.807) is 0 Å². The predicted octanol–water partition coefficient (Wildman–Crippen LogP) is 2.85. The monoisotopic (exact) mass is 316 g/mol. The molecule has 126 valence electrons. The Kier molecular flexibility index (Phi) is 5.39. The van der Waals surface area contributed by atoms with Gasteiger partial charge in [0.1, 0.15) is 0 Å². The lowest BCUT2D eigenvalue weighted by Crippen LogP contribution is -2.50. The fourth-order valence-electron chi connectivity index (χ4n) is 3.42. The van der Waals surface area contributed by atoms with Crippen LogP contribution in [-0.4, -0.2) is 61.6 Å². The van der Waals surface area contributed by atoms with Gasteiger partial charge in [-0.25, -0.2) is 4.79 Å². The van der Waals surface area contributed by atoms with Crippen molar-refractivity contribution in [3.8, 4) is 0 Å². The van der Waals surface area contributed by atoms with Crippen molar-refractivity contribution >= 4 is 17.4 Å². The zero-order chi connectivity index (χ0) is 16.1. The van der Waals surface area contributed by atoms with Gasteiger partial charge >= 0.3 is 6.03 Å². The molecule has 2 aliphatic rings. The lowest BCUT2D eigenvalue weighted by atomic mass is 10.2. The molecule has 0 aliphatic carbocycles. The van der Waals surface area contributed by atoms with E-state index in [-0.39, 0.29) is 6.03 Å². The Hall–Kier alpha value is -1.75. The normalized spacial score (nSPS) is 19.2. The molecule has 0 unspecified atom stereocenters. The minimum Gasteiger partial charge on any atom is -0.372 e. The van der Waals surface area contributed by atoms with Gasteiger partial charge in [0.15, 0.2) is 0 Å². The van der Waals surface area contributed by atoms with Crippen molar-refractivity contribution in [1.82, 2.24) is 9.80 Å². The van der Waals surface area contributed by atoms with Crippen LogP contribution in [0.2, 0.25) is 0 Å². The van der Waals surface area contributed by atoms with E-state index in [1.807, 2.05) is 17.0 Å². The number of nitrogens with one attached hydrogen (secondary N) is 1. The zero-order valence-electron chi connectivity index (χ0n) is 14.1. The Balaban J connectivity index is 1.50. The third-order valence-electron chi connectivity index (χ3n) is 4.79. The molecule has 5 heteroatoms. The highest BCUT2D eigenvalue weighted by Gasteiger charge is 2.20. The van der Waals surface area contributed by atoms with Gasteiger partial charge in [0, 0.05) is 50.6 Å². The SMILES string of the molecule is CCCN1CCN(C(=O)Nc2ccc(N3CCCC3)cc2)CC1. The number of carbonyl (C=O) groups is 1. The summed E-state index contributed by atoms with van der Waals surface area (Å²) >= 11 is 0. The average molecular weight is 316 g/mol. The number of anilines is 2. The Morgan fingerprint density at radius 3 is 2.26 bits per heavy atom. The third kappa shape index (κ3) is 4.16. The van der Waals surface area contributed by atoms with Crippen molar-refractivity contribution in [3.63, 3.8) is 0 Å². The van der Waals surface area contributed by atoms with Crippen molar-refractivity contribution in [3.05, 3.63) is 24.3 Å². The largest absolute Gasteiger partial charge is 0.372 e. The zero-order valence-corrected chi connectivity index (χ0v) is 14.1. The highest BCUT2D eigenvalue weighted by Crippen LogP contribution is 2.22. The maximum absolute atomic E-state index is 12.4. The number of piperazine rings is 1. The predicted molar refractivity (Wildman–Crippen MR) is 95.2 cm³/mol. The molecule has 5 nitrogen and oxygen atoms in total. The molecule has 2 fully saturated rings. The van der Waals surface area contributed by atoms with Crippen LogP contribution in [0.15, 0.2) is 24.3 Å². The van der Waals surface area contributed by atoms with Crippen LogP contribution in [0.5, 0.6) is 0 Å². The lowest BCUT2D eigenvalue weighted by Gasteiger charge is -2.34. The minimum atomic E-state index is 0.0232. The summed E-state index contributed by atoms with van der Waals surface area (Å²) in [6.07, 6.45) is 3.74. The van der Waals surface area contributed by atoms with Crippen LogP contribution in [0, 0.1) is 0 Å². The second-order valence-electron chi connectivity index (χ2n) is 6.50. The first-order chi connectivity index (χ1) is 11.3. The molecule has 0 saturated carbocycles. The average Bonchev–Trinajstić information content (AvgIpc) is 3.11. The summed E-state index contributed by atoms with van der Waals surface area (Å²) in [6, 6.07) is 8.27. The van der Waals surface area contributed by atoms with Gasteiger partial charge in [0.2, 0.25) is 0 Å². The van der Waals surface area contributed by atoms with Gasteiger partial charge in [-0.15, -0.1) is 0 Å². The van der Waals surface area contributed by atoms with Gasteiger partial charge in [-0.3, -0.25) is 4.90 Å². The smallest absolute Gasteiger partial charge is 0.321 e. The van der Waals surface area contributed by atoms with Crippen LogP contribution in [0.1, 0.15) is 26.2 Å². The van der Waals surface area contributed by atoms with Crippen molar-refractivity contribution in [2.24, 2.45) is 0 Å². The number of rotatable bonds is 4. The number of nitrogens with zero attached hydrogens (tertiary/aromatic N) is 3.